The number of nitrogens with one attached hydrogen (secondary N) is 1. The Morgan fingerprint density at radius 3 is 3.00 bits per heavy atom. The number of hydrogen-bond donors (Lipinski definition) is 2. The van der Waals surface area contributed by atoms with Gasteiger partial charge in [-0.15, -0.1) is 0 Å². The van der Waals surface area contributed by atoms with Crippen molar-refractivity contribution in [2.45, 2.75) is 19.4 Å². The Kier molecular flexibility index (Phi) is 3.49. The van der Waals surface area contributed by atoms with Crippen LogP contribution in [-0.2, 0) is 4.79 Å². The number of aliphatic carboxylic acids is 1. The van der Waals surface area contributed by atoms with Gasteiger partial charge in [0, 0.05) is 12.6 Å². The van der Waals surface area contributed by atoms with Gasteiger partial charge in [-0.25, -0.2) is 0 Å². The molecular weight excluding hydrogens is 156 g/mol. The van der Waals surface area contributed by atoms with Crippen LogP contribution < -0.4 is 5.32 Å². The molecule has 1 aliphatic rings. The molecule has 1 atom stereocenters. The SMILES string of the molecule is CCN1CCC(NCC(=O)O)C1. The fourth-order valence-electron chi connectivity index (χ4n) is 1.52. The number of likely N-dealkylation sites (tertiary alicyclic amines) is 1. The van der Waals surface area contributed by atoms with Crippen molar-refractivity contribution >= 4 is 5.97 Å². The van der Waals surface area contributed by atoms with Crippen molar-refractivity contribution in [1.29, 1.82) is 0 Å². The first-order valence-electron chi connectivity index (χ1n) is 4.40. The van der Waals surface area contributed by atoms with Gasteiger partial charge in [-0.1, -0.05) is 6.92 Å². The van der Waals surface area contributed by atoms with Crippen LogP contribution in [0.25, 0.3) is 0 Å². The van der Waals surface area contributed by atoms with Gasteiger partial charge in [0.25, 0.3) is 0 Å². The Morgan fingerprint density at radius 2 is 2.50 bits per heavy atom. The van der Waals surface area contributed by atoms with Gasteiger partial charge in [-0.2, -0.15) is 0 Å². The van der Waals surface area contributed by atoms with Gasteiger partial charge in [0.05, 0.1) is 6.54 Å². The molecule has 12 heavy (non-hydrogen) atoms. The molecule has 1 heterocycles. The Balaban J connectivity index is 2.15. The van der Waals surface area contributed by atoms with Crippen molar-refractivity contribution in [3.05, 3.63) is 0 Å². The number of likely N-dealkylation sites (N-methyl/N-ethyl adjacent to an activating group) is 1. The molecule has 0 aromatic rings. The van der Waals surface area contributed by atoms with Crippen LogP contribution in [0.2, 0.25) is 0 Å². The third-order valence-electron chi connectivity index (χ3n) is 2.26. The van der Waals surface area contributed by atoms with Gasteiger partial charge in [-0.05, 0) is 19.5 Å². The van der Waals surface area contributed by atoms with Crippen LogP contribution in [0.5, 0.6) is 0 Å². The first kappa shape index (κ1) is 9.48. The molecule has 0 aromatic heterocycles. The first-order valence-corrected chi connectivity index (χ1v) is 4.40. The van der Waals surface area contributed by atoms with E-state index in [2.05, 4.69) is 17.1 Å². The van der Waals surface area contributed by atoms with Crippen LogP contribution in [0.4, 0.5) is 0 Å². The number of carboxylic acid groups (broad SMARTS) is 1. The largest absolute Gasteiger partial charge is 0.480 e. The highest BCUT2D eigenvalue weighted by atomic mass is 16.4. The van der Waals surface area contributed by atoms with E-state index in [1.165, 1.54) is 0 Å². The van der Waals surface area contributed by atoms with E-state index in [1.807, 2.05) is 0 Å². The van der Waals surface area contributed by atoms with Gasteiger partial charge < -0.3 is 15.3 Å². The zero-order chi connectivity index (χ0) is 8.97. The van der Waals surface area contributed by atoms with Crippen molar-refractivity contribution in [2.24, 2.45) is 0 Å². The maximum absolute atomic E-state index is 10.2. The van der Waals surface area contributed by atoms with E-state index in [0.717, 1.165) is 26.1 Å². The lowest BCUT2D eigenvalue weighted by Crippen LogP contribution is -2.35. The molecule has 0 amide bonds. The second-order valence-electron chi connectivity index (χ2n) is 3.15. The molecule has 1 rings (SSSR count). The summed E-state index contributed by atoms with van der Waals surface area (Å²) in [7, 11) is 0. The zero-order valence-electron chi connectivity index (χ0n) is 7.42. The highest BCUT2D eigenvalue weighted by Crippen LogP contribution is 2.07. The zero-order valence-corrected chi connectivity index (χ0v) is 7.42. The molecule has 4 heteroatoms. The summed E-state index contributed by atoms with van der Waals surface area (Å²) < 4.78 is 0. The maximum Gasteiger partial charge on any atom is 0.317 e. The lowest BCUT2D eigenvalue weighted by molar-refractivity contribution is -0.136. The number of carbonyl (C=O) groups is 1. The summed E-state index contributed by atoms with van der Waals surface area (Å²) in [5, 5.41) is 11.4. The number of carboxylic acids is 1. The molecule has 0 spiro atoms. The van der Waals surface area contributed by atoms with Gasteiger partial charge in [-0.3, -0.25) is 4.79 Å². The van der Waals surface area contributed by atoms with Crippen LogP contribution in [0.1, 0.15) is 13.3 Å². The van der Waals surface area contributed by atoms with E-state index < -0.39 is 5.97 Å². The van der Waals surface area contributed by atoms with E-state index in [-0.39, 0.29) is 6.54 Å². The summed E-state index contributed by atoms with van der Waals surface area (Å²) in [4.78, 5) is 12.5. The van der Waals surface area contributed by atoms with Crippen molar-refractivity contribution in [2.75, 3.05) is 26.2 Å². The fourth-order valence-corrected chi connectivity index (χ4v) is 1.52. The van der Waals surface area contributed by atoms with E-state index in [0.29, 0.717) is 6.04 Å². The van der Waals surface area contributed by atoms with Crippen LogP contribution in [0, 0.1) is 0 Å². The second kappa shape index (κ2) is 4.42. The Morgan fingerprint density at radius 1 is 1.75 bits per heavy atom. The minimum atomic E-state index is -0.773. The molecular formula is C8H16N2O2. The standard InChI is InChI=1S/C8H16N2O2/c1-2-10-4-3-7(6-10)9-5-8(11)12/h7,9H,2-6H2,1H3,(H,11,12). The van der Waals surface area contributed by atoms with E-state index in [4.69, 9.17) is 5.11 Å². The Bertz CT molecular complexity index is 161. The number of rotatable bonds is 4. The predicted molar refractivity (Wildman–Crippen MR) is 46.2 cm³/mol. The molecule has 0 aromatic carbocycles. The van der Waals surface area contributed by atoms with Gasteiger partial charge in [0.15, 0.2) is 0 Å². The molecule has 0 radical (unpaired) electrons. The molecule has 1 fully saturated rings. The molecule has 0 saturated carbocycles. The molecule has 0 bridgehead atoms. The van der Waals surface area contributed by atoms with Crippen molar-refractivity contribution in [1.82, 2.24) is 10.2 Å². The lowest BCUT2D eigenvalue weighted by atomic mass is 10.2. The summed E-state index contributed by atoms with van der Waals surface area (Å²) in [6.07, 6.45) is 1.07. The highest BCUT2D eigenvalue weighted by molar-refractivity contribution is 5.69. The van der Waals surface area contributed by atoms with Crippen LogP contribution >= 0.6 is 0 Å². The van der Waals surface area contributed by atoms with Crippen molar-refractivity contribution in [3.8, 4) is 0 Å². The van der Waals surface area contributed by atoms with Crippen LogP contribution in [-0.4, -0.2) is 48.2 Å². The van der Waals surface area contributed by atoms with Crippen molar-refractivity contribution in [3.63, 3.8) is 0 Å². The van der Waals surface area contributed by atoms with E-state index in [9.17, 15) is 4.79 Å². The van der Waals surface area contributed by atoms with Gasteiger partial charge in [0.2, 0.25) is 0 Å². The van der Waals surface area contributed by atoms with Crippen LogP contribution in [0.3, 0.4) is 0 Å². The second-order valence-corrected chi connectivity index (χ2v) is 3.15. The summed E-state index contributed by atoms with van der Waals surface area (Å²) in [6.45, 7) is 5.35. The Labute approximate surface area is 72.6 Å². The highest BCUT2D eigenvalue weighted by Gasteiger charge is 2.20. The molecule has 4 nitrogen and oxygen atoms in total. The fraction of sp³-hybridized carbons (Fsp3) is 0.875. The van der Waals surface area contributed by atoms with E-state index >= 15 is 0 Å². The van der Waals surface area contributed by atoms with Crippen molar-refractivity contribution < 1.29 is 9.90 Å². The summed E-state index contributed by atoms with van der Waals surface area (Å²) in [6, 6.07) is 0.376. The molecule has 2 N–H and O–H groups in total. The third-order valence-corrected chi connectivity index (χ3v) is 2.26. The minimum absolute atomic E-state index is 0.0855. The average molecular weight is 172 g/mol. The quantitative estimate of drug-likeness (QED) is 0.614. The maximum atomic E-state index is 10.2. The summed E-state index contributed by atoms with van der Waals surface area (Å²) >= 11 is 0. The van der Waals surface area contributed by atoms with Gasteiger partial charge >= 0.3 is 5.97 Å². The minimum Gasteiger partial charge on any atom is -0.480 e. The average Bonchev–Trinajstić information content (AvgIpc) is 2.48. The smallest absolute Gasteiger partial charge is 0.317 e. The topological polar surface area (TPSA) is 52.6 Å². The number of nitrogens with zero attached hydrogens (tertiary/aromatic N) is 1. The predicted octanol–water partition coefficient (Wildman–Crippen LogP) is -0.245. The van der Waals surface area contributed by atoms with E-state index in [1.54, 1.807) is 0 Å². The summed E-state index contributed by atoms with van der Waals surface area (Å²) in [5.74, 6) is -0.773. The lowest BCUT2D eigenvalue weighted by Gasteiger charge is -2.13. The Hall–Kier alpha value is -0.610. The molecule has 0 aliphatic carbocycles. The molecule has 70 valence electrons. The first-order chi connectivity index (χ1) is 5.72. The van der Waals surface area contributed by atoms with Crippen LogP contribution in [0.15, 0.2) is 0 Å². The molecule has 1 saturated heterocycles. The summed E-state index contributed by atoms with van der Waals surface area (Å²) in [5.41, 5.74) is 0. The third kappa shape index (κ3) is 2.79. The number of hydrogen-bond acceptors (Lipinski definition) is 3. The van der Waals surface area contributed by atoms with Gasteiger partial charge in [0.1, 0.15) is 0 Å². The monoisotopic (exact) mass is 172 g/mol. The molecule has 1 aliphatic heterocycles. The molecule has 1 unspecified atom stereocenters. The normalized spacial score (nSPS) is 24.6.